The topological polar surface area (TPSA) is 25.2 Å². The molecule has 2 aromatic rings. The summed E-state index contributed by atoms with van der Waals surface area (Å²) in [5, 5.41) is 2.86. The Morgan fingerprint density at radius 3 is 2.28 bits per heavy atom. The van der Waals surface area contributed by atoms with Crippen LogP contribution in [0.1, 0.15) is 17.4 Å². The highest BCUT2D eigenvalue weighted by Crippen LogP contribution is 2.30. The highest BCUT2D eigenvalue weighted by Gasteiger charge is 2.21. The molecule has 0 amide bonds. The summed E-state index contributed by atoms with van der Waals surface area (Å²) in [6, 6.07) is 2.97. The van der Waals surface area contributed by atoms with E-state index in [0.29, 0.717) is 10.2 Å². The van der Waals surface area contributed by atoms with E-state index in [1.165, 1.54) is 6.26 Å². The quantitative estimate of drug-likeness (QED) is 0.871. The summed E-state index contributed by atoms with van der Waals surface area (Å²) in [6.07, 6.45) is 1.44. The van der Waals surface area contributed by atoms with E-state index in [0.717, 1.165) is 12.1 Å². The van der Waals surface area contributed by atoms with Crippen molar-refractivity contribution >= 4 is 15.9 Å². The predicted octanol–water partition coefficient (Wildman–Crippen LogP) is 3.77. The molecule has 1 atom stereocenters. The summed E-state index contributed by atoms with van der Waals surface area (Å²) in [6.45, 7) is 0. The molecule has 18 heavy (non-hydrogen) atoms. The standard InChI is InChI=1S/C12H9BrF3NO/c1-17-11(12-7(13)2-3-18-12)6-4-8(14)10(16)9(15)5-6/h2-5,11,17H,1H3. The number of furan rings is 1. The van der Waals surface area contributed by atoms with Crippen molar-refractivity contribution in [3.63, 3.8) is 0 Å². The Hall–Kier alpha value is -1.27. The van der Waals surface area contributed by atoms with Crippen molar-refractivity contribution in [1.29, 1.82) is 0 Å². The third-order valence-corrected chi connectivity index (χ3v) is 3.19. The summed E-state index contributed by atoms with van der Waals surface area (Å²) >= 11 is 3.26. The fourth-order valence-electron chi connectivity index (χ4n) is 1.70. The Kier molecular flexibility index (Phi) is 3.77. The van der Waals surface area contributed by atoms with Gasteiger partial charge in [0.15, 0.2) is 17.5 Å². The molecule has 96 valence electrons. The molecule has 0 saturated heterocycles. The summed E-state index contributed by atoms with van der Waals surface area (Å²) in [5.74, 6) is -3.48. The normalized spacial score (nSPS) is 12.7. The van der Waals surface area contributed by atoms with Crippen LogP contribution in [-0.4, -0.2) is 7.05 Å². The first-order valence-corrected chi connectivity index (χ1v) is 5.88. The van der Waals surface area contributed by atoms with Gasteiger partial charge in [0.05, 0.1) is 16.8 Å². The van der Waals surface area contributed by atoms with Gasteiger partial charge in [-0.25, -0.2) is 13.2 Å². The maximum Gasteiger partial charge on any atom is 0.194 e. The number of benzene rings is 1. The van der Waals surface area contributed by atoms with Crippen molar-refractivity contribution in [2.24, 2.45) is 0 Å². The average molecular weight is 320 g/mol. The number of hydrogen-bond donors (Lipinski definition) is 1. The minimum absolute atomic E-state index is 0.240. The van der Waals surface area contributed by atoms with Crippen LogP contribution in [0.5, 0.6) is 0 Å². The lowest BCUT2D eigenvalue weighted by molar-refractivity contribution is 0.433. The molecule has 0 saturated carbocycles. The van der Waals surface area contributed by atoms with Crippen LogP contribution in [-0.2, 0) is 0 Å². The van der Waals surface area contributed by atoms with Crippen LogP contribution in [0.2, 0.25) is 0 Å². The molecular formula is C12H9BrF3NO. The number of hydrogen-bond acceptors (Lipinski definition) is 2. The molecule has 0 aliphatic rings. The molecule has 1 N–H and O–H groups in total. The summed E-state index contributed by atoms with van der Waals surface area (Å²) in [7, 11) is 1.61. The molecule has 6 heteroatoms. The second-order valence-corrected chi connectivity index (χ2v) is 4.51. The molecule has 2 nitrogen and oxygen atoms in total. The molecule has 0 radical (unpaired) electrons. The monoisotopic (exact) mass is 319 g/mol. The molecule has 0 aliphatic heterocycles. The van der Waals surface area contributed by atoms with Gasteiger partial charge in [-0.3, -0.25) is 0 Å². The SMILES string of the molecule is CNC(c1cc(F)c(F)c(F)c1)c1occc1Br. The molecule has 1 unspecified atom stereocenters. The first-order valence-electron chi connectivity index (χ1n) is 5.09. The largest absolute Gasteiger partial charge is 0.466 e. The fourth-order valence-corrected chi connectivity index (χ4v) is 2.13. The van der Waals surface area contributed by atoms with Gasteiger partial charge >= 0.3 is 0 Å². The van der Waals surface area contributed by atoms with Gasteiger partial charge in [0.25, 0.3) is 0 Å². The Morgan fingerprint density at radius 2 is 1.83 bits per heavy atom. The van der Waals surface area contributed by atoms with Crippen LogP contribution in [0, 0.1) is 17.5 Å². The van der Waals surface area contributed by atoms with E-state index in [1.807, 2.05) is 0 Å². The molecule has 1 aromatic carbocycles. The van der Waals surface area contributed by atoms with Crippen molar-refractivity contribution in [3.05, 3.63) is 57.7 Å². The first kappa shape index (κ1) is 13.2. The molecule has 0 fully saturated rings. The minimum atomic E-state index is -1.48. The third kappa shape index (κ3) is 2.30. The lowest BCUT2D eigenvalue weighted by Crippen LogP contribution is -2.18. The lowest BCUT2D eigenvalue weighted by atomic mass is 10.0. The molecule has 2 rings (SSSR count). The highest BCUT2D eigenvalue weighted by molar-refractivity contribution is 9.10. The molecule has 0 bridgehead atoms. The second-order valence-electron chi connectivity index (χ2n) is 3.65. The van der Waals surface area contributed by atoms with Gasteiger partial charge in [0.2, 0.25) is 0 Å². The van der Waals surface area contributed by atoms with Crippen molar-refractivity contribution in [3.8, 4) is 0 Å². The van der Waals surface area contributed by atoms with Gasteiger partial charge in [-0.1, -0.05) is 0 Å². The van der Waals surface area contributed by atoms with E-state index in [-0.39, 0.29) is 5.56 Å². The maximum atomic E-state index is 13.2. The van der Waals surface area contributed by atoms with E-state index < -0.39 is 23.5 Å². The zero-order valence-electron chi connectivity index (χ0n) is 9.31. The van der Waals surface area contributed by atoms with Crippen LogP contribution in [0.15, 0.2) is 33.4 Å². The fraction of sp³-hybridized carbons (Fsp3) is 0.167. The summed E-state index contributed by atoms with van der Waals surface area (Å²) in [5.41, 5.74) is 0.240. The second kappa shape index (κ2) is 5.16. The van der Waals surface area contributed by atoms with Crippen molar-refractivity contribution in [2.45, 2.75) is 6.04 Å². The predicted molar refractivity (Wildman–Crippen MR) is 63.6 cm³/mol. The molecule has 1 heterocycles. The van der Waals surface area contributed by atoms with Gasteiger partial charge in [-0.2, -0.15) is 0 Å². The van der Waals surface area contributed by atoms with Crippen LogP contribution in [0.4, 0.5) is 13.2 Å². The van der Waals surface area contributed by atoms with Gasteiger partial charge in [-0.05, 0) is 46.7 Å². The van der Waals surface area contributed by atoms with E-state index in [1.54, 1.807) is 13.1 Å². The van der Waals surface area contributed by atoms with E-state index in [4.69, 9.17) is 4.42 Å². The lowest BCUT2D eigenvalue weighted by Gasteiger charge is -2.15. The number of rotatable bonds is 3. The van der Waals surface area contributed by atoms with Crippen LogP contribution >= 0.6 is 15.9 Å². The Bertz CT molecular complexity index is 547. The Balaban J connectivity index is 2.49. The number of halogens is 4. The Labute approximate surface area is 110 Å². The van der Waals surface area contributed by atoms with E-state index >= 15 is 0 Å². The average Bonchev–Trinajstić information content (AvgIpc) is 2.74. The van der Waals surface area contributed by atoms with Gasteiger partial charge in [0, 0.05) is 0 Å². The third-order valence-electron chi connectivity index (χ3n) is 2.54. The van der Waals surface area contributed by atoms with E-state index in [2.05, 4.69) is 21.2 Å². The zero-order valence-corrected chi connectivity index (χ0v) is 10.9. The van der Waals surface area contributed by atoms with Crippen LogP contribution in [0.25, 0.3) is 0 Å². The number of nitrogens with one attached hydrogen (secondary N) is 1. The highest BCUT2D eigenvalue weighted by atomic mass is 79.9. The first-order chi connectivity index (χ1) is 8.54. The van der Waals surface area contributed by atoms with E-state index in [9.17, 15) is 13.2 Å². The van der Waals surface area contributed by atoms with Gasteiger partial charge in [0.1, 0.15) is 5.76 Å². The summed E-state index contributed by atoms with van der Waals surface area (Å²) < 4.78 is 45.2. The minimum Gasteiger partial charge on any atom is -0.466 e. The molecule has 1 aromatic heterocycles. The van der Waals surface area contributed by atoms with Gasteiger partial charge < -0.3 is 9.73 Å². The molecular weight excluding hydrogens is 311 g/mol. The van der Waals surface area contributed by atoms with Crippen LogP contribution < -0.4 is 5.32 Å². The van der Waals surface area contributed by atoms with Gasteiger partial charge in [-0.15, -0.1) is 0 Å². The smallest absolute Gasteiger partial charge is 0.194 e. The van der Waals surface area contributed by atoms with Crippen molar-refractivity contribution < 1.29 is 17.6 Å². The van der Waals surface area contributed by atoms with Crippen LogP contribution in [0.3, 0.4) is 0 Å². The van der Waals surface area contributed by atoms with Crippen molar-refractivity contribution in [1.82, 2.24) is 5.32 Å². The van der Waals surface area contributed by atoms with Crippen molar-refractivity contribution in [2.75, 3.05) is 7.05 Å². The zero-order chi connectivity index (χ0) is 13.3. The Morgan fingerprint density at radius 1 is 1.22 bits per heavy atom. The maximum absolute atomic E-state index is 13.2. The summed E-state index contributed by atoms with van der Waals surface area (Å²) in [4.78, 5) is 0. The molecule has 0 spiro atoms. The molecule has 0 aliphatic carbocycles.